The van der Waals surface area contributed by atoms with Gasteiger partial charge in [-0.2, -0.15) is 0 Å². The van der Waals surface area contributed by atoms with E-state index in [4.69, 9.17) is 5.73 Å². The smallest absolute Gasteiger partial charge is 0.243 e. The molecule has 11 nitrogen and oxygen atoms in total. The molecule has 4 heterocycles. The molecule has 274 valence electrons. The van der Waals surface area contributed by atoms with Crippen molar-refractivity contribution in [2.24, 2.45) is 5.73 Å². The fourth-order valence-electron chi connectivity index (χ4n) is 7.03. The second-order valence-corrected chi connectivity index (χ2v) is 13.8. The van der Waals surface area contributed by atoms with Gasteiger partial charge in [0.25, 0.3) is 0 Å². The largest absolute Gasteiger partial charge is 0.508 e. The molecule has 2 aromatic heterocycles. The number of nitrogens with one attached hydrogen (secondary N) is 5. The Morgan fingerprint density at radius 2 is 1.65 bits per heavy atom. The van der Waals surface area contributed by atoms with Crippen molar-refractivity contribution < 1.29 is 24.3 Å². The van der Waals surface area contributed by atoms with Gasteiger partial charge >= 0.3 is 0 Å². The summed E-state index contributed by atoms with van der Waals surface area (Å²) in [7, 11) is 0. The molecule has 2 aliphatic rings. The molecule has 0 spiro atoms. The molecular formula is C43H42N6O5. The Bertz CT molecular complexity index is 2360. The zero-order valence-corrected chi connectivity index (χ0v) is 29.6. The van der Waals surface area contributed by atoms with E-state index >= 15 is 0 Å². The molecule has 54 heavy (non-hydrogen) atoms. The number of fused-ring (bicyclic) bond motifs is 11. The van der Waals surface area contributed by atoms with Crippen LogP contribution in [0.3, 0.4) is 0 Å². The van der Waals surface area contributed by atoms with Crippen molar-refractivity contribution in [1.29, 1.82) is 0 Å². The van der Waals surface area contributed by atoms with Crippen molar-refractivity contribution in [2.75, 3.05) is 0 Å². The number of benzene rings is 4. The van der Waals surface area contributed by atoms with Gasteiger partial charge in [0.05, 0.1) is 0 Å². The number of carbonyl (C=O) groups is 4. The number of aromatic amines is 2. The molecule has 3 atom stereocenters. The summed E-state index contributed by atoms with van der Waals surface area (Å²) in [5, 5.41) is 20.2. The third-order valence-corrected chi connectivity index (χ3v) is 9.93. The van der Waals surface area contributed by atoms with E-state index in [0.717, 1.165) is 49.6 Å². The minimum absolute atomic E-state index is 0.0650. The lowest BCUT2D eigenvalue weighted by atomic mass is 9.99. The number of phenolic OH excluding ortho intramolecular Hbond substituents is 1. The number of hydrogen-bond acceptors (Lipinski definition) is 5. The number of primary amides is 1. The summed E-state index contributed by atoms with van der Waals surface area (Å²) in [4.78, 5) is 61.2. The van der Waals surface area contributed by atoms with E-state index in [1.807, 2.05) is 67.0 Å². The van der Waals surface area contributed by atoms with E-state index in [2.05, 4.69) is 50.2 Å². The Morgan fingerprint density at radius 1 is 0.833 bits per heavy atom. The quantitative estimate of drug-likeness (QED) is 0.128. The number of aromatic hydroxyl groups is 1. The van der Waals surface area contributed by atoms with Crippen LogP contribution in [0.1, 0.15) is 39.8 Å². The predicted octanol–water partition coefficient (Wildman–Crippen LogP) is 4.52. The van der Waals surface area contributed by atoms with Crippen LogP contribution in [0.2, 0.25) is 0 Å². The Kier molecular flexibility index (Phi) is 10.6. The predicted molar refractivity (Wildman–Crippen MR) is 208 cm³/mol. The van der Waals surface area contributed by atoms with Crippen LogP contribution in [0.4, 0.5) is 0 Å². The molecular weight excluding hydrogens is 681 g/mol. The summed E-state index contributed by atoms with van der Waals surface area (Å²) in [6.07, 6.45) is 9.47. The first-order valence-electron chi connectivity index (χ1n) is 18.0. The lowest BCUT2D eigenvalue weighted by Gasteiger charge is -2.25. The second-order valence-electron chi connectivity index (χ2n) is 13.8. The molecule has 4 aromatic carbocycles. The summed E-state index contributed by atoms with van der Waals surface area (Å²) in [5.74, 6) is -2.15. The lowest BCUT2D eigenvalue weighted by Crippen LogP contribution is -2.57. The third-order valence-electron chi connectivity index (χ3n) is 9.93. The summed E-state index contributed by atoms with van der Waals surface area (Å²) in [6.45, 7) is 0. The highest BCUT2D eigenvalue weighted by Crippen LogP contribution is 2.23. The van der Waals surface area contributed by atoms with Crippen molar-refractivity contribution in [1.82, 2.24) is 25.9 Å². The maximum atomic E-state index is 14.4. The molecule has 0 saturated carbocycles. The molecule has 0 saturated heterocycles. The third kappa shape index (κ3) is 8.53. The summed E-state index contributed by atoms with van der Waals surface area (Å²) < 4.78 is 0. The number of carbonyl (C=O) groups excluding carboxylic acids is 4. The molecule has 4 amide bonds. The Balaban J connectivity index is 1.23. The molecule has 11 heteroatoms. The van der Waals surface area contributed by atoms with Gasteiger partial charge in [-0.3, -0.25) is 19.2 Å². The highest BCUT2D eigenvalue weighted by Gasteiger charge is 2.31. The molecule has 0 radical (unpaired) electrons. The molecule has 8 N–H and O–H groups in total. The Labute approximate surface area is 312 Å². The average molecular weight is 723 g/mol. The minimum atomic E-state index is -1.14. The van der Waals surface area contributed by atoms with Crippen molar-refractivity contribution in [2.45, 2.75) is 56.7 Å². The maximum Gasteiger partial charge on any atom is 0.243 e. The molecule has 6 bridgehead atoms. The Morgan fingerprint density at radius 3 is 2.48 bits per heavy atom. The molecule has 6 aromatic rings. The SMILES string of the molecule is NC(=O)[C@H](Cc1ccc(O)cc1)NC(=O)[C@@H]1Cc2c[nH]c3cc(ccc23)C/C=C\c2cccc(c2)CCC(=O)N[C@@H](Cc2c[nH]c3ccccc23)C(=O)N1. The van der Waals surface area contributed by atoms with E-state index < -0.39 is 35.8 Å². The van der Waals surface area contributed by atoms with Gasteiger partial charge in [0, 0.05) is 59.9 Å². The number of aryl methyl sites for hydroxylation is 1. The monoisotopic (exact) mass is 722 g/mol. The number of aromatic nitrogens is 2. The van der Waals surface area contributed by atoms with Crippen LogP contribution in [0.25, 0.3) is 27.9 Å². The number of para-hydroxylation sites is 1. The summed E-state index contributed by atoms with van der Waals surface area (Å²) in [6, 6.07) is 24.8. The zero-order valence-electron chi connectivity index (χ0n) is 29.6. The van der Waals surface area contributed by atoms with Gasteiger partial charge in [-0.05, 0) is 70.5 Å². The average Bonchev–Trinajstić information content (AvgIpc) is 3.77. The fraction of sp³-hybridized carbons (Fsp3) is 0.209. The zero-order chi connectivity index (χ0) is 37.6. The highest BCUT2D eigenvalue weighted by molar-refractivity contribution is 5.95. The number of amides is 4. The number of nitrogens with two attached hydrogens (primary N) is 1. The van der Waals surface area contributed by atoms with Crippen LogP contribution < -0.4 is 21.7 Å². The molecule has 0 aliphatic carbocycles. The van der Waals surface area contributed by atoms with E-state index in [-0.39, 0.29) is 37.3 Å². The van der Waals surface area contributed by atoms with Gasteiger partial charge in [-0.15, -0.1) is 0 Å². The van der Waals surface area contributed by atoms with Gasteiger partial charge in [0.2, 0.25) is 23.6 Å². The first-order chi connectivity index (χ1) is 26.2. The van der Waals surface area contributed by atoms with Crippen LogP contribution >= 0.6 is 0 Å². The molecule has 8 rings (SSSR count). The van der Waals surface area contributed by atoms with Crippen LogP contribution in [0, 0.1) is 0 Å². The normalized spacial score (nSPS) is 17.9. The van der Waals surface area contributed by atoms with Crippen LogP contribution in [0.5, 0.6) is 5.75 Å². The van der Waals surface area contributed by atoms with Gasteiger partial charge < -0.3 is 36.8 Å². The van der Waals surface area contributed by atoms with Crippen molar-refractivity contribution >= 4 is 51.5 Å². The van der Waals surface area contributed by atoms with Crippen LogP contribution in [-0.2, 0) is 51.3 Å². The first kappa shape index (κ1) is 35.8. The summed E-state index contributed by atoms with van der Waals surface area (Å²) in [5.41, 5.74) is 12.9. The molecule has 2 aliphatic heterocycles. The standard InChI is InChI=1S/C43H42N6O5/c44-41(52)37(21-29-11-15-32(50)16-12-29)48-43(54)39-23-31-25-46-36-20-28(13-17-34(31)36)8-4-6-26-5-3-7-27(19-26)14-18-40(51)47-38(42(53)49-39)22-30-24-45-35-10-2-1-9-33(30)35/h1-7,9-13,15-17,19-20,24-25,37-39,45-46,50H,8,14,18,21-23H2,(H2,44,52)(H,47,51)(H,48,54)(H,49,53)/b6-4-/t37-,38-,39-/m0/s1. The number of rotatable bonds is 7. The topological polar surface area (TPSA) is 182 Å². The Hall–Kier alpha value is -6.62. The first-order valence-corrected chi connectivity index (χ1v) is 18.0. The van der Waals surface area contributed by atoms with Gasteiger partial charge in [-0.1, -0.05) is 78.9 Å². The highest BCUT2D eigenvalue weighted by atomic mass is 16.3. The van der Waals surface area contributed by atoms with Crippen LogP contribution in [-0.4, -0.2) is 56.8 Å². The minimum Gasteiger partial charge on any atom is -0.508 e. The lowest BCUT2D eigenvalue weighted by molar-refractivity contribution is -0.133. The van der Waals surface area contributed by atoms with E-state index in [1.54, 1.807) is 12.1 Å². The maximum absolute atomic E-state index is 14.4. The van der Waals surface area contributed by atoms with Gasteiger partial charge in [0.1, 0.15) is 23.9 Å². The summed E-state index contributed by atoms with van der Waals surface area (Å²) >= 11 is 0. The van der Waals surface area contributed by atoms with Gasteiger partial charge in [0.15, 0.2) is 0 Å². The fourth-order valence-corrected chi connectivity index (χ4v) is 7.03. The van der Waals surface area contributed by atoms with Crippen molar-refractivity contribution in [3.8, 4) is 5.75 Å². The number of hydrogen-bond donors (Lipinski definition) is 7. The van der Waals surface area contributed by atoms with E-state index in [1.165, 1.54) is 12.1 Å². The second kappa shape index (κ2) is 16.0. The number of H-pyrrole nitrogens is 2. The van der Waals surface area contributed by atoms with E-state index in [9.17, 15) is 24.3 Å². The van der Waals surface area contributed by atoms with Crippen molar-refractivity contribution in [3.05, 3.63) is 143 Å². The molecule has 0 unspecified atom stereocenters. The van der Waals surface area contributed by atoms with Crippen LogP contribution in [0.15, 0.2) is 109 Å². The number of phenols is 1. The van der Waals surface area contributed by atoms with Crippen molar-refractivity contribution in [3.63, 3.8) is 0 Å². The van der Waals surface area contributed by atoms with Gasteiger partial charge in [-0.25, -0.2) is 0 Å². The molecule has 0 fully saturated rings. The van der Waals surface area contributed by atoms with E-state index in [0.29, 0.717) is 18.4 Å². The number of allylic oxidation sites excluding steroid dienone is 1.